The van der Waals surface area contributed by atoms with Gasteiger partial charge in [-0.2, -0.15) is 4.57 Å². The smallest absolute Gasteiger partial charge is 0.294 e. The Morgan fingerprint density at radius 3 is 2.47 bits per heavy atom. The van der Waals surface area contributed by atoms with Crippen molar-refractivity contribution in [3.63, 3.8) is 0 Å². The molecule has 0 unspecified atom stereocenters. The third kappa shape index (κ3) is 3.57. The second-order valence-corrected chi connectivity index (χ2v) is 6.81. The normalized spacial score (nSPS) is 15.3. The summed E-state index contributed by atoms with van der Waals surface area (Å²) in [5.74, 6) is 0.594. The number of para-hydroxylation sites is 1. The maximum Gasteiger partial charge on any atom is 0.294 e. The summed E-state index contributed by atoms with van der Waals surface area (Å²) in [6.45, 7) is 0.172. The number of rotatable bonds is 5. The number of nitrogens with zero attached hydrogens (tertiary/aromatic N) is 2. The van der Waals surface area contributed by atoms with Crippen LogP contribution < -0.4 is 24.3 Å². The molecule has 152 valence electrons. The van der Waals surface area contributed by atoms with Crippen LogP contribution in [0, 0.1) is 0 Å². The van der Waals surface area contributed by atoms with Crippen LogP contribution in [0.25, 0.3) is 0 Å². The fourth-order valence-electron chi connectivity index (χ4n) is 3.64. The summed E-state index contributed by atoms with van der Waals surface area (Å²) in [5.41, 5.74) is 1.95. The van der Waals surface area contributed by atoms with Crippen molar-refractivity contribution in [2.24, 2.45) is 0 Å². The molecule has 0 aliphatic carbocycles. The lowest BCUT2D eigenvalue weighted by Crippen LogP contribution is -2.58. The van der Waals surface area contributed by atoms with Gasteiger partial charge in [0.1, 0.15) is 0 Å². The molecule has 4 rings (SSSR count). The average Bonchev–Trinajstić information content (AvgIpc) is 2.78. The zero-order valence-electron chi connectivity index (χ0n) is 16.7. The molecular formula is C23H22N3O4+. The van der Waals surface area contributed by atoms with Gasteiger partial charge in [-0.3, -0.25) is 14.5 Å². The number of benzene rings is 2. The number of ether oxygens (including phenoxy) is 2. The van der Waals surface area contributed by atoms with Crippen LogP contribution in [0.5, 0.6) is 11.5 Å². The second kappa shape index (κ2) is 8.24. The lowest BCUT2D eigenvalue weighted by molar-refractivity contribution is -0.695. The van der Waals surface area contributed by atoms with Gasteiger partial charge in [0, 0.05) is 29.6 Å². The fourth-order valence-corrected chi connectivity index (χ4v) is 3.64. The molecule has 1 aromatic heterocycles. The van der Waals surface area contributed by atoms with Crippen LogP contribution in [0.2, 0.25) is 0 Å². The molecule has 0 saturated carbocycles. The zero-order chi connectivity index (χ0) is 21.1. The van der Waals surface area contributed by atoms with Crippen molar-refractivity contribution in [2.45, 2.75) is 12.6 Å². The van der Waals surface area contributed by atoms with Crippen LogP contribution in [-0.2, 0) is 16.1 Å². The van der Waals surface area contributed by atoms with Gasteiger partial charge in [-0.1, -0.05) is 24.3 Å². The van der Waals surface area contributed by atoms with Gasteiger partial charge in [0.05, 0.1) is 14.2 Å². The van der Waals surface area contributed by atoms with Crippen LogP contribution in [0.4, 0.5) is 11.4 Å². The van der Waals surface area contributed by atoms with Crippen LogP contribution >= 0.6 is 0 Å². The number of carbonyl (C=O) groups is 2. The number of fused-ring (bicyclic) bond motifs is 1. The Morgan fingerprint density at radius 2 is 1.73 bits per heavy atom. The summed E-state index contributed by atoms with van der Waals surface area (Å²) in [6, 6.07) is 19.1. The van der Waals surface area contributed by atoms with Crippen molar-refractivity contribution in [3.8, 4) is 11.5 Å². The van der Waals surface area contributed by atoms with E-state index in [9.17, 15) is 9.59 Å². The van der Waals surface area contributed by atoms with Gasteiger partial charge >= 0.3 is 0 Å². The topological polar surface area (TPSA) is 71.8 Å². The molecule has 2 aromatic carbocycles. The summed E-state index contributed by atoms with van der Waals surface area (Å²) >= 11 is 0. The highest BCUT2D eigenvalue weighted by molar-refractivity contribution is 6.05. The molecule has 7 nitrogen and oxygen atoms in total. The first-order chi connectivity index (χ1) is 14.6. The van der Waals surface area contributed by atoms with Crippen LogP contribution in [0.3, 0.4) is 0 Å². The Bertz CT molecular complexity index is 1080. The number of hydrogen-bond donors (Lipinski definition) is 1. The minimum Gasteiger partial charge on any atom is -0.493 e. The van der Waals surface area contributed by atoms with E-state index in [4.69, 9.17) is 9.47 Å². The van der Waals surface area contributed by atoms with Crippen molar-refractivity contribution in [3.05, 3.63) is 78.6 Å². The summed E-state index contributed by atoms with van der Waals surface area (Å²) in [5, 5.41) is 2.92. The fraction of sp³-hybridized carbons (Fsp3) is 0.174. The molecule has 0 bridgehead atoms. The molecule has 2 amide bonds. The predicted molar refractivity (Wildman–Crippen MR) is 111 cm³/mol. The Morgan fingerprint density at radius 1 is 1.00 bits per heavy atom. The van der Waals surface area contributed by atoms with Crippen molar-refractivity contribution < 1.29 is 23.6 Å². The molecule has 2 heterocycles. The summed E-state index contributed by atoms with van der Waals surface area (Å²) < 4.78 is 12.4. The summed E-state index contributed by atoms with van der Waals surface area (Å²) in [6.07, 6.45) is 1.81. The number of hydrogen-bond acceptors (Lipinski definition) is 4. The Hall–Kier alpha value is -3.87. The van der Waals surface area contributed by atoms with E-state index in [2.05, 4.69) is 5.32 Å². The standard InChI is InChI=1S/C23H21N3O4/c1-29-19-12-11-16(14-20(19)30-2)24-23(28)22-18-10-6-7-13-25(18)15-21(27)26(22)17-8-4-3-5-9-17/h3-14,22H,15H2,1-2H3/p+1/t22-/m1/s1. The largest absolute Gasteiger partial charge is 0.493 e. The van der Waals surface area contributed by atoms with Crippen LogP contribution in [0.15, 0.2) is 72.9 Å². The molecule has 1 N–H and O–H groups in total. The van der Waals surface area contributed by atoms with Gasteiger partial charge in [-0.05, 0) is 24.3 Å². The number of nitrogens with one attached hydrogen (secondary N) is 1. The Balaban J connectivity index is 1.73. The lowest BCUT2D eigenvalue weighted by atomic mass is 10.0. The molecule has 3 aromatic rings. The molecular weight excluding hydrogens is 382 g/mol. The van der Waals surface area contributed by atoms with Crippen LogP contribution in [0.1, 0.15) is 11.7 Å². The number of methoxy groups -OCH3 is 2. The third-order valence-electron chi connectivity index (χ3n) is 5.02. The number of anilines is 2. The number of carbonyl (C=O) groups excluding carboxylic acids is 2. The zero-order valence-corrected chi connectivity index (χ0v) is 16.7. The Kier molecular flexibility index (Phi) is 5.34. The highest BCUT2D eigenvalue weighted by atomic mass is 16.5. The SMILES string of the molecule is COc1ccc(NC(=O)[C@H]2c3cccc[n+]3CC(=O)N2c2ccccc2)cc1OC. The molecule has 1 aliphatic heterocycles. The van der Waals surface area contributed by atoms with E-state index in [0.717, 1.165) is 5.69 Å². The molecule has 30 heavy (non-hydrogen) atoms. The molecule has 1 aliphatic rings. The van der Waals surface area contributed by atoms with E-state index in [1.165, 1.54) is 7.11 Å². The first kappa shape index (κ1) is 19.4. The van der Waals surface area contributed by atoms with Gasteiger partial charge in [-0.15, -0.1) is 0 Å². The molecule has 0 spiro atoms. The molecule has 0 radical (unpaired) electrons. The highest BCUT2D eigenvalue weighted by Crippen LogP contribution is 2.32. The molecule has 7 heteroatoms. The molecule has 0 fully saturated rings. The highest BCUT2D eigenvalue weighted by Gasteiger charge is 2.43. The number of amides is 2. The summed E-state index contributed by atoms with van der Waals surface area (Å²) in [4.78, 5) is 28.0. The number of pyridine rings is 1. The lowest BCUT2D eigenvalue weighted by Gasteiger charge is -2.32. The van der Waals surface area contributed by atoms with Gasteiger partial charge < -0.3 is 14.8 Å². The average molecular weight is 404 g/mol. The van der Waals surface area contributed by atoms with E-state index < -0.39 is 6.04 Å². The monoisotopic (exact) mass is 404 g/mol. The molecule has 0 saturated heterocycles. The van der Waals surface area contributed by atoms with E-state index in [0.29, 0.717) is 22.9 Å². The minimum absolute atomic E-state index is 0.155. The Labute approximate surface area is 174 Å². The van der Waals surface area contributed by atoms with Crippen molar-refractivity contribution in [1.29, 1.82) is 0 Å². The minimum atomic E-state index is -0.817. The van der Waals surface area contributed by atoms with Gasteiger partial charge in [0.2, 0.25) is 18.3 Å². The third-order valence-corrected chi connectivity index (χ3v) is 5.02. The van der Waals surface area contributed by atoms with E-state index in [1.807, 2.05) is 54.7 Å². The maximum absolute atomic E-state index is 13.4. The van der Waals surface area contributed by atoms with Gasteiger partial charge in [0.15, 0.2) is 17.7 Å². The van der Waals surface area contributed by atoms with E-state index in [-0.39, 0.29) is 18.4 Å². The summed E-state index contributed by atoms with van der Waals surface area (Å²) in [7, 11) is 3.09. The first-order valence-corrected chi connectivity index (χ1v) is 9.50. The van der Waals surface area contributed by atoms with Gasteiger partial charge in [-0.25, -0.2) is 0 Å². The van der Waals surface area contributed by atoms with E-state index in [1.54, 1.807) is 34.8 Å². The number of aromatic nitrogens is 1. The second-order valence-electron chi connectivity index (χ2n) is 6.81. The maximum atomic E-state index is 13.4. The first-order valence-electron chi connectivity index (χ1n) is 9.50. The van der Waals surface area contributed by atoms with Crippen molar-refractivity contribution in [2.75, 3.05) is 24.4 Å². The van der Waals surface area contributed by atoms with Crippen molar-refractivity contribution >= 4 is 23.2 Å². The quantitative estimate of drug-likeness (QED) is 0.664. The molecule has 1 atom stereocenters. The van der Waals surface area contributed by atoms with Gasteiger partial charge in [0.25, 0.3) is 11.8 Å². The van der Waals surface area contributed by atoms with Crippen molar-refractivity contribution in [1.82, 2.24) is 0 Å². The van der Waals surface area contributed by atoms with E-state index >= 15 is 0 Å². The predicted octanol–water partition coefficient (Wildman–Crippen LogP) is 2.72. The van der Waals surface area contributed by atoms with Crippen LogP contribution in [-0.4, -0.2) is 26.0 Å².